The zero-order chi connectivity index (χ0) is 46.6. The van der Waals surface area contributed by atoms with Crippen molar-refractivity contribution in [2.75, 3.05) is 9.80 Å². The van der Waals surface area contributed by atoms with Crippen molar-refractivity contribution in [1.29, 1.82) is 0 Å². The molecule has 12 rings (SSSR count). The maximum Gasteiger partial charge on any atom is 0.0462 e. The van der Waals surface area contributed by atoms with Crippen LogP contribution in [0.5, 0.6) is 0 Å². The van der Waals surface area contributed by atoms with Gasteiger partial charge in [0.25, 0.3) is 0 Å². The van der Waals surface area contributed by atoms with Gasteiger partial charge in [0.1, 0.15) is 0 Å². The minimum absolute atomic E-state index is 1.10. The minimum atomic E-state index is 1.10. The molecule has 2 nitrogen and oxygen atoms in total. The van der Waals surface area contributed by atoms with Crippen molar-refractivity contribution in [3.63, 3.8) is 0 Å². The molecule has 0 aliphatic rings. The lowest BCUT2D eigenvalue weighted by atomic mass is 9.98. The monoisotopic (exact) mass is 892 g/mol. The second-order valence-corrected chi connectivity index (χ2v) is 17.8. The summed E-state index contributed by atoms with van der Waals surface area (Å²) in [6, 6.07) is 105. The predicted molar refractivity (Wildman–Crippen MR) is 298 cm³/mol. The Balaban J connectivity index is 0.771. The summed E-state index contributed by atoms with van der Waals surface area (Å²) < 4.78 is 0. The van der Waals surface area contributed by atoms with Crippen molar-refractivity contribution in [2.24, 2.45) is 0 Å². The fourth-order valence-corrected chi connectivity index (χ4v) is 9.71. The molecule has 330 valence electrons. The molecule has 0 aromatic heterocycles. The molecule has 0 aliphatic carbocycles. The van der Waals surface area contributed by atoms with Gasteiger partial charge in [-0.05, 0) is 162 Å². The molecule has 12 aromatic carbocycles. The first-order valence-electron chi connectivity index (χ1n) is 24.0. The van der Waals surface area contributed by atoms with Crippen LogP contribution in [0, 0.1) is 0 Å². The highest BCUT2D eigenvalue weighted by atomic mass is 15.1. The summed E-state index contributed by atoms with van der Waals surface area (Å²) >= 11 is 0. The Labute approximate surface area is 410 Å². The first-order valence-corrected chi connectivity index (χ1v) is 24.0. The van der Waals surface area contributed by atoms with Crippen LogP contribution in [0.1, 0.15) is 0 Å². The largest absolute Gasteiger partial charge is 0.311 e. The standard InChI is InChI=1S/C68H48N2/c1-3-15-63(16-4-1)69(65-39-31-53(32-40-65)51-19-23-57(24-20-51)61-29-27-49-11-7-9-13-59(49)47-61)67-43-35-55(36-44-67)56-37-45-68(46-38-56)70(64-17-5-2-6-18-64)66-41-33-54(34-42-66)52-21-25-58(26-22-52)62-30-28-50-12-8-10-14-60(50)48-62/h1-48H. The van der Waals surface area contributed by atoms with Crippen LogP contribution in [-0.2, 0) is 0 Å². The lowest BCUT2D eigenvalue weighted by Crippen LogP contribution is -2.10. The van der Waals surface area contributed by atoms with Gasteiger partial charge in [0.2, 0.25) is 0 Å². The molecule has 12 aromatic rings. The van der Waals surface area contributed by atoms with E-state index < -0.39 is 0 Å². The Kier molecular flexibility index (Phi) is 11.3. The number of rotatable bonds is 11. The molecule has 70 heavy (non-hydrogen) atoms. The topological polar surface area (TPSA) is 6.48 Å². The van der Waals surface area contributed by atoms with E-state index in [1.807, 2.05) is 0 Å². The van der Waals surface area contributed by atoms with Gasteiger partial charge in [0.05, 0.1) is 0 Å². The van der Waals surface area contributed by atoms with Crippen LogP contribution in [0.3, 0.4) is 0 Å². The van der Waals surface area contributed by atoms with E-state index in [0.717, 1.165) is 45.3 Å². The summed E-state index contributed by atoms with van der Waals surface area (Å²) in [5, 5.41) is 5.03. The summed E-state index contributed by atoms with van der Waals surface area (Å²) in [6.45, 7) is 0. The molecule has 0 saturated carbocycles. The zero-order valence-corrected chi connectivity index (χ0v) is 38.6. The normalized spacial score (nSPS) is 11.1. The molecular weight excluding hydrogens is 845 g/mol. The predicted octanol–water partition coefficient (Wildman–Crippen LogP) is 19.3. The zero-order valence-electron chi connectivity index (χ0n) is 38.6. The highest BCUT2D eigenvalue weighted by molar-refractivity contribution is 5.89. The van der Waals surface area contributed by atoms with E-state index in [4.69, 9.17) is 0 Å². The van der Waals surface area contributed by atoms with Gasteiger partial charge in [-0.2, -0.15) is 0 Å². The molecule has 0 fully saturated rings. The SMILES string of the molecule is c1ccc(N(c2ccc(-c3ccc(-c4ccc5ccccc5c4)cc3)cc2)c2ccc(-c3ccc(N(c4ccccc4)c4ccc(-c5ccc(-c6ccc7ccccc7c6)cc5)cc4)cc3)cc2)cc1. The Morgan fingerprint density at radius 2 is 0.343 bits per heavy atom. The van der Waals surface area contributed by atoms with Crippen LogP contribution in [0.25, 0.3) is 77.2 Å². The minimum Gasteiger partial charge on any atom is -0.311 e. The molecule has 0 spiro atoms. The third-order valence-corrected chi connectivity index (χ3v) is 13.5. The number of benzene rings is 12. The molecule has 0 heterocycles. The summed E-state index contributed by atoms with van der Waals surface area (Å²) in [4.78, 5) is 4.65. The van der Waals surface area contributed by atoms with E-state index in [1.165, 1.54) is 66.1 Å². The average Bonchev–Trinajstić information content (AvgIpc) is 3.44. The molecule has 0 bridgehead atoms. The van der Waals surface area contributed by atoms with E-state index >= 15 is 0 Å². The second kappa shape index (κ2) is 18.8. The highest BCUT2D eigenvalue weighted by Crippen LogP contribution is 2.40. The summed E-state index contributed by atoms with van der Waals surface area (Å²) in [6.07, 6.45) is 0. The Morgan fingerprint density at radius 3 is 0.629 bits per heavy atom. The first kappa shape index (κ1) is 42.1. The molecule has 0 aliphatic heterocycles. The van der Waals surface area contributed by atoms with Crippen molar-refractivity contribution < 1.29 is 0 Å². The van der Waals surface area contributed by atoms with Gasteiger partial charge >= 0.3 is 0 Å². The van der Waals surface area contributed by atoms with E-state index in [0.29, 0.717) is 0 Å². The van der Waals surface area contributed by atoms with Crippen molar-refractivity contribution >= 4 is 55.7 Å². The number of hydrogen-bond acceptors (Lipinski definition) is 2. The van der Waals surface area contributed by atoms with Gasteiger partial charge in [-0.3, -0.25) is 0 Å². The van der Waals surface area contributed by atoms with Crippen LogP contribution in [0.15, 0.2) is 291 Å². The van der Waals surface area contributed by atoms with Crippen molar-refractivity contribution in [1.82, 2.24) is 0 Å². The van der Waals surface area contributed by atoms with E-state index in [1.54, 1.807) is 0 Å². The summed E-state index contributed by atoms with van der Waals surface area (Å²) in [5.74, 6) is 0. The Bertz CT molecular complexity index is 3450. The fraction of sp³-hybridized carbons (Fsp3) is 0. The molecule has 2 heteroatoms. The third kappa shape index (κ3) is 8.63. The van der Waals surface area contributed by atoms with Crippen LogP contribution < -0.4 is 9.80 Å². The molecule has 0 atom stereocenters. The number of nitrogens with zero attached hydrogens (tertiary/aromatic N) is 2. The van der Waals surface area contributed by atoms with Gasteiger partial charge in [-0.15, -0.1) is 0 Å². The molecule has 0 amide bonds. The molecule has 0 unspecified atom stereocenters. The van der Waals surface area contributed by atoms with Crippen molar-refractivity contribution in [3.05, 3.63) is 291 Å². The van der Waals surface area contributed by atoms with Crippen LogP contribution in [-0.4, -0.2) is 0 Å². The quantitative estimate of drug-likeness (QED) is 0.128. The van der Waals surface area contributed by atoms with E-state index in [-0.39, 0.29) is 0 Å². The van der Waals surface area contributed by atoms with Crippen LogP contribution in [0.4, 0.5) is 34.1 Å². The van der Waals surface area contributed by atoms with E-state index in [9.17, 15) is 0 Å². The van der Waals surface area contributed by atoms with Gasteiger partial charge in [0.15, 0.2) is 0 Å². The second-order valence-electron chi connectivity index (χ2n) is 17.8. The van der Waals surface area contributed by atoms with Crippen molar-refractivity contribution in [3.8, 4) is 55.6 Å². The third-order valence-electron chi connectivity index (χ3n) is 13.5. The maximum absolute atomic E-state index is 2.32. The highest BCUT2D eigenvalue weighted by Gasteiger charge is 2.16. The lowest BCUT2D eigenvalue weighted by Gasteiger charge is -2.26. The first-order chi connectivity index (χ1) is 34.7. The smallest absolute Gasteiger partial charge is 0.0462 e. The van der Waals surface area contributed by atoms with Gasteiger partial charge in [-0.1, -0.05) is 206 Å². The number of anilines is 6. The average molecular weight is 893 g/mol. The van der Waals surface area contributed by atoms with Gasteiger partial charge in [-0.25, -0.2) is 0 Å². The molecule has 0 N–H and O–H groups in total. The lowest BCUT2D eigenvalue weighted by molar-refractivity contribution is 1.28. The molecule has 0 radical (unpaired) electrons. The number of para-hydroxylation sites is 2. The van der Waals surface area contributed by atoms with Crippen LogP contribution >= 0.6 is 0 Å². The fourth-order valence-electron chi connectivity index (χ4n) is 9.71. The van der Waals surface area contributed by atoms with Crippen LogP contribution in [0.2, 0.25) is 0 Å². The summed E-state index contributed by atoms with van der Waals surface area (Å²) in [5.41, 5.74) is 18.6. The van der Waals surface area contributed by atoms with E-state index in [2.05, 4.69) is 301 Å². The van der Waals surface area contributed by atoms with Gasteiger partial charge in [0, 0.05) is 34.1 Å². The maximum atomic E-state index is 2.32. The molecule has 0 saturated heterocycles. The number of hydrogen-bond donors (Lipinski definition) is 0. The molecular formula is C68H48N2. The van der Waals surface area contributed by atoms with Crippen molar-refractivity contribution in [2.45, 2.75) is 0 Å². The van der Waals surface area contributed by atoms with Gasteiger partial charge < -0.3 is 9.80 Å². The Morgan fingerprint density at radius 1 is 0.143 bits per heavy atom. The number of fused-ring (bicyclic) bond motifs is 2. The summed E-state index contributed by atoms with van der Waals surface area (Å²) in [7, 11) is 0. The Hall–Kier alpha value is -9.24.